The van der Waals surface area contributed by atoms with Gasteiger partial charge in [0.2, 0.25) is 0 Å². The normalized spacial score (nSPS) is 28.0. The second-order valence-electron chi connectivity index (χ2n) is 6.61. The molecule has 2 fully saturated rings. The number of rotatable bonds is 3. The maximum atomic E-state index is 12.1. The number of likely N-dealkylation sites (N-methyl/N-ethyl adjacent to an activating group) is 1. The van der Waals surface area contributed by atoms with Crippen LogP contribution in [0, 0.1) is 0 Å². The number of amides is 2. The van der Waals surface area contributed by atoms with Gasteiger partial charge in [-0.15, -0.1) is 0 Å². The molecule has 2 saturated heterocycles. The smallest absolute Gasteiger partial charge is 0.317 e. The van der Waals surface area contributed by atoms with Crippen LogP contribution in [0.1, 0.15) is 39.5 Å². The first-order chi connectivity index (χ1) is 8.87. The molecule has 0 saturated carbocycles. The van der Waals surface area contributed by atoms with Gasteiger partial charge < -0.3 is 15.3 Å². The minimum atomic E-state index is -0.849. The van der Waals surface area contributed by atoms with E-state index in [9.17, 15) is 9.90 Å². The molecule has 2 atom stereocenters. The molecule has 0 aromatic heterocycles. The van der Waals surface area contributed by atoms with Gasteiger partial charge in [0.15, 0.2) is 0 Å². The highest BCUT2D eigenvalue weighted by Gasteiger charge is 2.36. The molecule has 2 N–H and O–H groups in total. The fraction of sp³-hybridized carbons (Fsp3) is 0.929. The van der Waals surface area contributed by atoms with E-state index in [2.05, 4.69) is 10.2 Å². The highest BCUT2D eigenvalue weighted by atomic mass is 16.3. The molecule has 5 heteroatoms. The Labute approximate surface area is 115 Å². The molecule has 2 heterocycles. The molecular weight excluding hydrogens is 242 g/mol. The Bertz CT molecular complexity index is 327. The molecule has 2 unspecified atom stereocenters. The third-order valence-corrected chi connectivity index (χ3v) is 4.14. The molecule has 19 heavy (non-hydrogen) atoms. The zero-order valence-corrected chi connectivity index (χ0v) is 12.4. The SMILES string of the molecule is CN(CC(C)(C)O)C(=O)NC1CCN2CCCCC12. The van der Waals surface area contributed by atoms with Crippen LogP contribution in [0.3, 0.4) is 0 Å². The lowest BCUT2D eigenvalue weighted by Gasteiger charge is -2.33. The van der Waals surface area contributed by atoms with Crippen molar-refractivity contribution in [3.8, 4) is 0 Å². The Morgan fingerprint density at radius 1 is 1.37 bits per heavy atom. The maximum absolute atomic E-state index is 12.1. The molecule has 0 aliphatic carbocycles. The van der Waals surface area contributed by atoms with Crippen LogP contribution >= 0.6 is 0 Å². The van der Waals surface area contributed by atoms with E-state index < -0.39 is 5.60 Å². The number of hydrogen-bond acceptors (Lipinski definition) is 3. The molecule has 0 aromatic carbocycles. The summed E-state index contributed by atoms with van der Waals surface area (Å²) in [6.45, 7) is 6.06. The van der Waals surface area contributed by atoms with Crippen LogP contribution in [0.2, 0.25) is 0 Å². The van der Waals surface area contributed by atoms with E-state index in [1.54, 1.807) is 25.8 Å². The van der Waals surface area contributed by atoms with Gasteiger partial charge >= 0.3 is 6.03 Å². The van der Waals surface area contributed by atoms with Gasteiger partial charge in [0, 0.05) is 25.7 Å². The number of carbonyl (C=O) groups excluding carboxylic acids is 1. The van der Waals surface area contributed by atoms with Crippen LogP contribution in [-0.4, -0.2) is 65.3 Å². The Morgan fingerprint density at radius 2 is 2.11 bits per heavy atom. The monoisotopic (exact) mass is 269 g/mol. The number of fused-ring (bicyclic) bond motifs is 1. The van der Waals surface area contributed by atoms with Gasteiger partial charge in [-0.3, -0.25) is 4.90 Å². The number of aliphatic hydroxyl groups is 1. The lowest BCUT2D eigenvalue weighted by molar-refractivity contribution is 0.0524. The molecule has 2 amide bonds. The van der Waals surface area contributed by atoms with Crippen molar-refractivity contribution in [1.29, 1.82) is 0 Å². The van der Waals surface area contributed by atoms with Crippen LogP contribution < -0.4 is 5.32 Å². The Hall–Kier alpha value is -0.810. The molecule has 2 rings (SSSR count). The predicted octanol–water partition coefficient (Wildman–Crippen LogP) is 1.03. The van der Waals surface area contributed by atoms with Crippen LogP contribution in [-0.2, 0) is 0 Å². The topological polar surface area (TPSA) is 55.8 Å². The van der Waals surface area contributed by atoms with Gasteiger partial charge in [-0.05, 0) is 39.7 Å². The summed E-state index contributed by atoms with van der Waals surface area (Å²) >= 11 is 0. The average molecular weight is 269 g/mol. The zero-order valence-electron chi connectivity index (χ0n) is 12.4. The molecule has 0 radical (unpaired) electrons. The standard InChI is InChI=1S/C14H27N3O2/c1-14(2,19)10-16(3)13(18)15-11-7-9-17-8-5-4-6-12(11)17/h11-12,19H,4-10H2,1-3H3,(H,15,18). The minimum absolute atomic E-state index is 0.0699. The van der Waals surface area contributed by atoms with E-state index in [1.807, 2.05) is 0 Å². The molecule has 110 valence electrons. The summed E-state index contributed by atoms with van der Waals surface area (Å²) in [4.78, 5) is 16.2. The number of carbonyl (C=O) groups is 1. The van der Waals surface area contributed by atoms with Crippen LogP contribution in [0.4, 0.5) is 4.79 Å². The van der Waals surface area contributed by atoms with Crippen molar-refractivity contribution in [2.24, 2.45) is 0 Å². The Kier molecular flexibility index (Phi) is 4.36. The van der Waals surface area contributed by atoms with Crippen LogP contribution in [0.5, 0.6) is 0 Å². The second kappa shape index (κ2) is 5.67. The summed E-state index contributed by atoms with van der Waals surface area (Å²) in [5.74, 6) is 0. The summed E-state index contributed by atoms with van der Waals surface area (Å²) in [6, 6.07) is 0.727. The van der Waals surface area contributed by atoms with E-state index >= 15 is 0 Å². The van der Waals surface area contributed by atoms with E-state index in [0.29, 0.717) is 12.6 Å². The number of nitrogens with one attached hydrogen (secondary N) is 1. The molecule has 0 aromatic rings. The molecule has 0 bridgehead atoms. The summed E-state index contributed by atoms with van der Waals surface area (Å²) in [6.07, 6.45) is 4.80. The van der Waals surface area contributed by atoms with E-state index in [-0.39, 0.29) is 12.1 Å². The second-order valence-corrected chi connectivity index (χ2v) is 6.61. The van der Waals surface area contributed by atoms with Gasteiger partial charge in [-0.2, -0.15) is 0 Å². The number of urea groups is 1. The Balaban J connectivity index is 1.85. The van der Waals surface area contributed by atoms with Crippen molar-refractivity contribution in [3.05, 3.63) is 0 Å². The van der Waals surface area contributed by atoms with Gasteiger partial charge in [0.05, 0.1) is 12.1 Å². The van der Waals surface area contributed by atoms with Gasteiger partial charge in [-0.1, -0.05) is 6.42 Å². The lowest BCUT2D eigenvalue weighted by Crippen LogP contribution is -2.52. The van der Waals surface area contributed by atoms with E-state index in [4.69, 9.17) is 0 Å². The summed E-state index contributed by atoms with van der Waals surface area (Å²) in [5.41, 5.74) is -0.849. The third-order valence-electron chi connectivity index (χ3n) is 4.14. The van der Waals surface area contributed by atoms with Crippen molar-refractivity contribution in [2.75, 3.05) is 26.7 Å². The summed E-state index contributed by atoms with van der Waals surface area (Å²) < 4.78 is 0. The number of hydrogen-bond donors (Lipinski definition) is 2. The third kappa shape index (κ3) is 3.83. The van der Waals surface area contributed by atoms with Gasteiger partial charge in [-0.25, -0.2) is 4.79 Å². The first kappa shape index (κ1) is 14.6. The quantitative estimate of drug-likeness (QED) is 0.804. The van der Waals surface area contributed by atoms with Crippen molar-refractivity contribution >= 4 is 6.03 Å². The molecule has 0 spiro atoms. The zero-order chi connectivity index (χ0) is 14.0. The average Bonchev–Trinajstić information content (AvgIpc) is 2.70. The molecule has 2 aliphatic heterocycles. The van der Waals surface area contributed by atoms with Crippen LogP contribution in [0.15, 0.2) is 0 Å². The lowest BCUT2D eigenvalue weighted by atomic mass is 9.99. The van der Waals surface area contributed by atoms with Crippen LogP contribution in [0.25, 0.3) is 0 Å². The van der Waals surface area contributed by atoms with E-state index in [1.165, 1.54) is 25.8 Å². The fourth-order valence-corrected chi connectivity index (χ4v) is 3.34. The molecular formula is C14H27N3O2. The van der Waals surface area contributed by atoms with Crippen molar-refractivity contribution in [2.45, 2.75) is 57.2 Å². The van der Waals surface area contributed by atoms with Gasteiger partial charge in [0.25, 0.3) is 0 Å². The summed E-state index contributed by atoms with van der Waals surface area (Å²) in [7, 11) is 1.74. The summed E-state index contributed by atoms with van der Waals surface area (Å²) in [5, 5.41) is 12.9. The molecule has 5 nitrogen and oxygen atoms in total. The Morgan fingerprint density at radius 3 is 2.79 bits per heavy atom. The minimum Gasteiger partial charge on any atom is -0.389 e. The highest BCUT2D eigenvalue weighted by molar-refractivity contribution is 5.74. The maximum Gasteiger partial charge on any atom is 0.317 e. The van der Waals surface area contributed by atoms with Crippen molar-refractivity contribution in [1.82, 2.24) is 15.1 Å². The number of piperidine rings is 1. The molecule has 2 aliphatic rings. The number of nitrogens with zero attached hydrogens (tertiary/aromatic N) is 2. The predicted molar refractivity (Wildman–Crippen MR) is 75.1 cm³/mol. The van der Waals surface area contributed by atoms with E-state index in [0.717, 1.165) is 13.0 Å². The first-order valence-corrected chi connectivity index (χ1v) is 7.35. The fourth-order valence-electron chi connectivity index (χ4n) is 3.34. The van der Waals surface area contributed by atoms with Gasteiger partial charge in [0.1, 0.15) is 0 Å². The van der Waals surface area contributed by atoms with Crippen molar-refractivity contribution in [3.63, 3.8) is 0 Å². The largest absolute Gasteiger partial charge is 0.389 e. The van der Waals surface area contributed by atoms with Crippen molar-refractivity contribution < 1.29 is 9.90 Å². The first-order valence-electron chi connectivity index (χ1n) is 7.35. The highest BCUT2D eigenvalue weighted by Crippen LogP contribution is 2.27.